The maximum Gasteiger partial charge on any atom is 0.255 e. The molecule has 1 aliphatic carbocycles. The number of nitrogens with one attached hydrogen (secondary N) is 2. The molecule has 8 heteroatoms. The van der Waals surface area contributed by atoms with Gasteiger partial charge in [-0.25, -0.2) is 8.42 Å². The van der Waals surface area contributed by atoms with Gasteiger partial charge in [-0.1, -0.05) is 54.4 Å². The van der Waals surface area contributed by atoms with Crippen molar-refractivity contribution in [3.05, 3.63) is 88.9 Å². The number of halogens is 1. The number of anilines is 2. The van der Waals surface area contributed by atoms with Gasteiger partial charge in [0.05, 0.1) is 21.0 Å². The van der Waals surface area contributed by atoms with E-state index in [0.29, 0.717) is 11.4 Å². The first-order valence-corrected chi connectivity index (χ1v) is 12.7. The Morgan fingerprint density at radius 2 is 1.64 bits per heavy atom. The average molecular weight is 483 g/mol. The Hall–Kier alpha value is -3.16. The van der Waals surface area contributed by atoms with Crippen molar-refractivity contribution < 1.29 is 18.0 Å². The summed E-state index contributed by atoms with van der Waals surface area (Å²) in [7, 11) is -3.43. The summed E-state index contributed by atoms with van der Waals surface area (Å²) in [5.74, 6) is -0.568. The van der Waals surface area contributed by atoms with Crippen LogP contribution < -0.4 is 10.6 Å². The fraction of sp³-hybridized carbons (Fsp3) is 0.200. The van der Waals surface area contributed by atoms with Crippen molar-refractivity contribution >= 4 is 44.6 Å². The minimum absolute atomic E-state index is 0.0580. The van der Waals surface area contributed by atoms with E-state index in [1.807, 2.05) is 30.3 Å². The Morgan fingerprint density at radius 3 is 2.24 bits per heavy atom. The number of hydrogen-bond acceptors (Lipinski definition) is 4. The third-order valence-electron chi connectivity index (χ3n) is 5.97. The highest BCUT2D eigenvalue weighted by atomic mass is 35.5. The van der Waals surface area contributed by atoms with Crippen LogP contribution in [-0.2, 0) is 20.0 Å². The quantitative estimate of drug-likeness (QED) is 0.513. The minimum Gasteiger partial charge on any atom is -0.325 e. The first-order chi connectivity index (χ1) is 15.7. The number of carbonyl (C=O) groups is 2. The van der Waals surface area contributed by atoms with E-state index in [1.165, 1.54) is 24.3 Å². The van der Waals surface area contributed by atoms with Crippen molar-refractivity contribution in [3.8, 4) is 0 Å². The van der Waals surface area contributed by atoms with Gasteiger partial charge in [0.15, 0.2) is 9.84 Å². The van der Waals surface area contributed by atoms with Crippen molar-refractivity contribution in [2.75, 3.05) is 16.9 Å². The summed E-state index contributed by atoms with van der Waals surface area (Å²) in [5, 5.41) is 5.90. The average Bonchev–Trinajstić information content (AvgIpc) is 2.75. The standard InChI is InChI=1S/C25H23ClN2O4S/c1-33(31,32)20-10-5-7-17(15-20)23(29)28-22-12-11-19(16-21(22)26)27-24(30)25(13-6-14-25)18-8-3-2-4-9-18/h2-5,7-12,15-16H,6,13-14H2,1H3,(H,27,30)(H,28,29). The van der Waals surface area contributed by atoms with Crippen molar-refractivity contribution in [1.82, 2.24) is 0 Å². The molecule has 2 amide bonds. The summed E-state index contributed by atoms with van der Waals surface area (Å²) in [5.41, 5.74) is 1.54. The molecule has 3 aromatic rings. The second-order valence-electron chi connectivity index (χ2n) is 8.20. The third-order valence-corrected chi connectivity index (χ3v) is 7.39. The van der Waals surface area contributed by atoms with Gasteiger partial charge in [0, 0.05) is 17.5 Å². The maximum atomic E-state index is 13.1. The third kappa shape index (κ3) is 4.79. The smallest absolute Gasteiger partial charge is 0.255 e. The first kappa shape index (κ1) is 23.0. The Bertz CT molecular complexity index is 1320. The van der Waals surface area contributed by atoms with Gasteiger partial charge in [-0.15, -0.1) is 0 Å². The zero-order chi connectivity index (χ0) is 23.6. The molecule has 0 spiro atoms. The van der Waals surface area contributed by atoms with Crippen LogP contribution in [0.2, 0.25) is 5.02 Å². The van der Waals surface area contributed by atoms with Crippen molar-refractivity contribution in [2.24, 2.45) is 0 Å². The van der Waals surface area contributed by atoms with E-state index in [0.717, 1.165) is 31.1 Å². The molecule has 0 unspecified atom stereocenters. The van der Waals surface area contributed by atoms with Crippen molar-refractivity contribution in [2.45, 2.75) is 29.6 Å². The molecule has 0 aromatic heterocycles. The molecule has 0 atom stereocenters. The molecule has 0 saturated heterocycles. The van der Waals surface area contributed by atoms with E-state index >= 15 is 0 Å². The second kappa shape index (κ2) is 9.00. The number of amides is 2. The lowest BCUT2D eigenvalue weighted by Gasteiger charge is -2.40. The Balaban J connectivity index is 1.49. The van der Waals surface area contributed by atoms with Crippen LogP contribution in [0.4, 0.5) is 11.4 Å². The Morgan fingerprint density at radius 1 is 0.909 bits per heavy atom. The van der Waals surface area contributed by atoms with Crippen LogP contribution in [-0.4, -0.2) is 26.5 Å². The molecule has 4 rings (SSSR count). The number of hydrogen-bond donors (Lipinski definition) is 2. The second-order valence-corrected chi connectivity index (χ2v) is 10.6. The molecular formula is C25H23ClN2O4S. The van der Waals surface area contributed by atoms with Crippen LogP contribution in [0.25, 0.3) is 0 Å². The molecular weight excluding hydrogens is 460 g/mol. The lowest BCUT2D eigenvalue weighted by atomic mass is 9.64. The number of rotatable bonds is 6. The largest absolute Gasteiger partial charge is 0.325 e. The summed E-state index contributed by atoms with van der Waals surface area (Å²) in [6.45, 7) is 0. The number of benzene rings is 3. The van der Waals surface area contributed by atoms with E-state index < -0.39 is 21.2 Å². The normalized spacial score (nSPS) is 14.7. The van der Waals surface area contributed by atoms with E-state index in [-0.39, 0.29) is 21.4 Å². The molecule has 170 valence electrons. The zero-order valence-electron chi connectivity index (χ0n) is 18.0. The summed E-state index contributed by atoms with van der Waals surface area (Å²) in [6.07, 6.45) is 3.66. The minimum atomic E-state index is -3.43. The highest BCUT2D eigenvalue weighted by molar-refractivity contribution is 7.90. The lowest BCUT2D eigenvalue weighted by Crippen LogP contribution is -2.45. The molecule has 1 aliphatic rings. The van der Waals surface area contributed by atoms with Gasteiger partial charge in [-0.05, 0) is 54.8 Å². The molecule has 0 heterocycles. The number of carbonyl (C=O) groups excluding carboxylic acids is 2. The fourth-order valence-electron chi connectivity index (χ4n) is 3.94. The van der Waals surface area contributed by atoms with Crippen LogP contribution in [0.5, 0.6) is 0 Å². The monoisotopic (exact) mass is 482 g/mol. The van der Waals surface area contributed by atoms with E-state index in [9.17, 15) is 18.0 Å². The van der Waals surface area contributed by atoms with Crippen LogP contribution in [0.15, 0.2) is 77.7 Å². The predicted molar refractivity (Wildman–Crippen MR) is 130 cm³/mol. The molecule has 0 radical (unpaired) electrons. The zero-order valence-corrected chi connectivity index (χ0v) is 19.5. The van der Waals surface area contributed by atoms with Crippen molar-refractivity contribution in [3.63, 3.8) is 0 Å². The maximum absolute atomic E-state index is 13.1. The summed E-state index contributed by atoms with van der Waals surface area (Å²) in [6, 6.07) is 20.4. The van der Waals surface area contributed by atoms with Crippen molar-refractivity contribution in [1.29, 1.82) is 0 Å². The highest BCUT2D eigenvalue weighted by Gasteiger charge is 2.45. The highest BCUT2D eigenvalue weighted by Crippen LogP contribution is 2.44. The van der Waals surface area contributed by atoms with Gasteiger partial charge in [0.2, 0.25) is 5.91 Å². The summed E-state index contributed by atoms with van der Waals surface area (Å²) in [4.78, 5) is 25.8. The molecule has 33 heavy (non-hydrogen) atoms. The molecule has 1 fully saturated rings. The Labute approximate surface area is 197 Å². The molecule has 0 bridgehead atoms. The van der Waals surface area contributed by atoms with Gasteiger partial charge in [-0.3, -0.25) is 9.59 Å². The molecule has 1 saturated carbocycles. The fourth-order valence-corrected chi connectivity index (χ4v) is 4.84. The summed E-state index contributed by atoms with van der Waals surface area (Å²) >= 11 is 6.37. The van der Waals surface area contributed by atoms with Gasteiger partial charge < -0.3 is 10.6 Å². The van der Waals surface area contributed by atoms with Gasteiger partial charge in [0.25, 0.3) is 5.91 Å². The topological polar surface area (TPSA) is 92.3 Å². The van der Waals surface area contributed by atoms with Crippen LogP contribution in [0.3, 0.4) is 0 Å². The SMILES string of the molecule is CS(=O)(=O)c1cccc(C(=O)Nc2ccc(NC(=O)C3(c4ccccc4)CCC3)cc2Cl)c1. The summed E-state index contributed by atoms with van der Waals surface area (Å²) < 4.78 is 23.5. The molecule has 3 aromatic carbocycles. The number of sulfone groups is 1. The van der Waals surface area contributed by atoms with Crippen LogP contribution in [0, 0.1) is 0 Å². The van der Waals surface area contributed by atoms with Crippen LogP contribution >= 0.6 is 11.6 Å². The molecule has 2 N–H and O–H groups in total. The first-order valence-electron chi connectivity index (χ1n) is 10.5. The van der Waals surface area contributed by atoms with Gasteiger partial charge in [0.1, 0.15) is 0 Å². The van der Waals surface area contributed by atoms with Crippen LogP contribution in [0.1, 0.15) is 35.2 Å². The van der Waals surface area contributed by atoms with E-state index in [4.69, 9.17) is 11.6 Å². The predicted octanol–water partition coefficient (Wildman–Crippen LogP) is 5.06. The molecule has 0 aliphatic heterocycles. The Kier molecular flexibility index (Phi) is 6.28. The lowest BCUT2D eigenvalue weighted by molar-refractivity contribution is -0.124. The van der Waals surface area contributed by atoms with Gasteiger partial charge in [-0.2, -0.15) is 0 Å². The van der Waals surface area contributed by atoms with E-state index in [1.54, 1.807) is 18.2 Å². The molecule has 6 nitrogen and oxygen atoms in total. The van der Waals surface area contributed by atoms with E-state index in [2.05, 4.69) is 10.6 Å². The van der Waals surface area contributed by atoms with Gasteiger partial charge >= 0.3 is 0 Å².